The van der Waals surface area contributed by atoms with Crippen LogP contribution in [0, 0.1) is 17.8 Å². The van der Waals surface area contributed by atoms with E-state index in [4.69, 9.17) is 18.9 Å². The fraction of sp³-hybridized carbons (Fsp3) is 0.708. The average Bonchev–Trinajstić information content (AvgIpc) is 3.00. The third kappa shape index (κ3) is 6.27. The van der Waals surface area contributed by atoms with Crippen molar-refractivity contribution in [3.05, 3.63) is 34.9 Å². The van der Waals surface area contributed by atoms with Crippen LogP contribution in [0.5, 0.6) is 0 Å². The number of rotatable bonds is 7. The SMILES string of the molecule is COC1OC(OC)C2C1=CCC=C(C)CC(OC(C)=O)C2C(C)CCC=C(C)C. The van der Waals surface area contributed by atoms with E-state index in [0.29, 0.717) is 5.92 Å². The summed E-state index contributed by atoms with van der Waals surface area (Å²) in [4.78, 5) is 12.0. The molecule has 1 fully saturated rings. The van der Waals surface area contributed by atoms with Crippen molar-refractivity contribution < 1.29 is 23.7 Å². The Morgan fingerprint density at radius 3 is 2.55 bits per heavy atom. The fourth-order valence-corrected chi connectivity index (χ4v) is 4.67. The number of methoxy groups -OCH3 is 2. The zero-order chi connectivity index (χ0) is 21.6. The van der Waals surface area contributed by atoms with Gasteiger partial charge >= 0.3 is 5.97 Å². The number of allylic oxidation sites excluding steroid dienone is 4. The van der Waals surface area contributed by atoms with Gasteiger partial charge in [0.1, 0.15) is 6.10 Å². The fourth-order valence-electron chi connectivity index (χ4n) is 4.67. The topological polar surface area (TPSA) is 54.0 Å². The van der Waals surface area contributed by atoms with E-state index >= 15 is 0 Å². The van der Waals surface area contributed by atoms with E-state index in [1.54, 1.807) is 14.2 Å². The molecule has 0 aromatic carbocycles. The van der Waals surface area contributed by atoms with Crippen molar-refractivity contribution in [2.45, 2.75) is 79.0 Å². The quantitative estimate of drug-likeness (QED) is 0.431. The van der Waals surface area contributed by atoms with Crippen LogP contribution < -0.4 is 0 Å². The Balaban J connectivity index is 2.47. The van der Waals surface area contributed by atoms with Crippen molar-refractivity contribution in [1.82, 2.24) is 0 Å². The normalized spacial score (nSPS) is 30.8. The Bertz CT molecular complexity index is 644. The molecule has 0 saturated carbocycles. The molecule has 0 N–H and O–H groups in total. The average molecular weight is 407 g/mol. The molecule has 6 atom stereocenters. The number of carbonyl (C=O) groups is 1. The molecule has 0 amide bonds. The highest BCUT2D eigenvalue weighted by Crippen LogP contribution is 2.46. The second-order valence-electron chi connectivity index (χ2n) is 8.59. The van der Waals surface area contributed by atoms with Crippen molar-refractivity contribution in [3.8, 4) is 0 Å². The number of esters is 1. The third-order valence-corrected chi connectivity index (χ3v) is 5.99. The van der Waals surface area contributed by atoms with Crippen LogP contribution in [-0.2, 0) is 23.7 Å². The first-order valence-corrected chi connectivity index (χ1v) is 10.7. The van der Waals surface area contributed by atoms with Crippen molar-refractivity contribution in [2.24, 2.45) is 17.8 Å². The Hall–Kier alpha value is -1.43. The highest BCUT2D eigenvalue weighted by molar-refractivity contribution is 5.66. The number of carbonyl (C=O) groups excluding carboxylic acids is 1. The molecule has 2 rings (SSSR count). The molecule has 1 aliphatic heterocycles. The molecule has 1 saturated heterocycles. The second-order valence-corrected chi connectivity index (χ2v) is 8.59. The largest absolute Gasteiger partial charge is 0.462 e. The van der Waals surface area contributed by atoms with E-state index in [2.05, 4.69) is 45.9 Å². The minimum Gasteiger partial charge on any atom is -0.462 e. The molecule has 2 aliphatic rings. The maximum atomic E-state index is 12.0. The zero-order valence-corrected chi connectivity index (χ0v) is 19.1. The molecule has 29 heavy (non-hydrogen) atoms. The van der Waals surface area contributed by atoms with Crippen LogP contribution in [0.2, 0.25) is 0 Å². The van der Waals surface area contributed by atoms with Gasteiger partial charge in [-0.25, -0.2) is 0 Å². The maximum Gasteiger partial charge on any atom is 0.302 e. The van der Waals surface area contributed by atoms with Gasteiger partial charge in [0, 0.05) is 39.4 Å². The zero-order valence-electron chi connectivity index (χ0n) is 19.1. The summed E-state index contributed by atoms with van der Waals surface area (Å²) in [7, 11) is 3.33. The van der Waals surface area contributed by atoms with Crippen LogP contribution in [0.15, 0.2) is 34.9 Å². The predicted octanol–water partition coefficient (Wildman–Crippen LogP) is 5.17. The highest BCUT2D eigenvalue weighted by atomic mass is 16.8. The van der Waals surface area contributed by atoms with Gasteiger partial charge in [0.2, 0.25) is 0 Å². The number of hydrogen-bond acceptors (Lipinski definition) is 5. The van der Waals surface area contributed by atoms with Gasteiger partial charge in [-0.2, -0.15) is 0 Å². The third-order valence-electron chi connectivity index (χ3n) is 5.99. The van der Waals surface area contributed by atoms with Crippen LogP contribution in [0.3, 0.4) is 0 Å². The van der Waals surface area contributed by atoms with Crippen LogP contribution in [0.4, 0.5) is 0 Å². The first kappa shape index (κ1) is 23.8. The molecule has 164 valence electrons. The summed E-state index contributed by atoms with van der Waals surface area (Å²) in [5.41, 5.74) is 3.65. The Kier molecular flexibility index (Phi) is 9.12. The van der Waals surface area contributed by atoms with Gasteiger partial charge in [-0.1, -0.05) is 36.3 Å². The lowest BCUT2D eigenvalue weighted by Gasteiger charge is -2.37. The summed E-state index contributed by atoms with van der Waals surface area (Å²) >= 11 is 0. The lowest BCUT2D eigenvalue weighted by atomic mass is 9.72. The molecule has 0 spiro atoms. The van der Waals surface area contributed by atoms with Crippen LogP contribution in [-0.4, -0.2) is 38.9 Å². The maximum absolute atomic E-state index is 12.0. The first-order chi connectivity index (χ1) is 13.8. The van der Waals surface area contributed by atoms with E-state index in [1.165, 1.54) is 18.1 Å². The van der Waals surface area contributed by atoms with Gasteiger partial charge < -0.3 is 18.9 Å². The molecular formula is C24H38O5. The van der Waals surface area contributed by atoms with Crippen LogP contribution >= 0.6 is 0 Å². The lowest BCUT2D eigenvalue weighted by molar-refractivity contribution is -0.199. The smallest absolute Gasteiger partial charge is 0.302 e. The van der Waals surface area contributed by atoms with E-state index in [0.717, 1.165) is 31.3 Å². The summed E-state index contributed by atoms with van der Waals surface area (Å²) < 4.78 is 23.4. The van der Waals surface area contributed by atoms with Gasteiger partial charge in [0.05, 0.1) is 0 Å². The van der Waals surface area contributed by atoms with Crippen LogP contribution in [0.25, 0.3) is 0 Å². The predicted molar refractivity (Wildman–Crippen MR) is 114 cm³/mol. The summed E-state index contributed by atoms with van der Waals surface area (Å²) in [6.45, 7) is 10.1. The number of fused-ring (bicyclic) bond motifs is 1. The molecule has 1 aliphatic carbocycles. The molecule has 0 aromatic heterocycles. The first-order valence-electron chi connectivity index (χ1n) is 10.7. The Labute approximate surface area is 176 Å². The standard InChI is InChI=1S/C24H38O5/c1-15(2)10-8-12-17(4)21-20(28-18(5)25)14-16(3)11-9-13-19-22(21)24(27-7)29-23(19)26-6/h10-11,13,17,20-24H,8-9,12,14H2,1-7H3. The van der Waals surface area contributed by atoms with E-state index in [1.807, 2.05) is 0 Å². The molecule has 0 aromatic rings. The lowest BCUT2D eigenvalue weighted by Crippen LogP contribution is -2.40. The second kappa shape index (κ2) is 11.1. The Morgan fingerprint density at radius 2 is 1.97 bits per heavy atom. The van der Waals surface area contributed by atoms with Gasteiger partial charge in [0.15, 0.2) is 12.6 Å². The summed E-state index contributed by atoms with van der Waals surface area (Å²) in [5.74, 6) is 0.119. The van der Waals surface area contributed by atoms with Crippen molar-refractivity contribution in [3.63, 3.8) is 0 Å². The highest BCUT2D eigenvalue weighted by Gasteiger charge is 2.49. The summed E-state index contributed by atoms with van der Waals surface area (Å²) in [5, 5.41) is 0. The van der Waals surface area contributed by atoms with E-state index in [9.17, 15) is 4.79 Å². The van der Waals surface area contributed by atoms with Crippen molar-refractivity contribution >= 4 is 5.97 Å². The minimum absolute atomic E-state index is 0.0182. The molecule has 1 heterocycles. The van der Waals surface area contributed by atoms with Crippen LogP contribution in [0.1, 0.15) is 60.3 Å². The van der Waals surface area contributed by atoms with Gasteiger partial charge in [-0.05, 0) is 51.5 Å². The van der Waals surface area contributed by atoms with E-state index < -0.39 is 12.6 Å². The number of ether oxygens (including phenoxy) is 4. The Morgan fingerprint density at radius 1 is 1.24 bits per heavy atom. The molecule has 5 nitrogen and oxygen atoms in total. The minimum atomic E-state index is -0.429. The molecule has 6 unspecified atom stereocenters. The van der Waals surface area contributed by atoms with Gasteiger partial charge in [0.25, 0.3) is 0 Å². The number of hydrogen-bond donors (Lipinski definition) is 0. The van der Waals surface area contributed by atoms with E-state index in [-0.39, 0.29) is 23.9 Å². The monoisotopic (exact) mass is 406 g/mol. The van der Waals surface area contributed by atoms with Gasteiger partial charge in [-0.15, -0.1) is 0 Å². The molecule has 5 heteroatoms. The molecular weight excluding hydrogens is 368 g/mol. The molecule has 0 radical (unpaired) electrons. The summed E-state index contributed by atoms with van der Waals surface area (Å²) in [6, 6.07) is 0. The summed E-state index contributed by atoms with van der Waals surface area (Å²) in [6.07, 6.45) is 9.14. The van der Waals surface area contributed by atoms with Crippen molar-refractivity contribution in [1.29, 1.82) is 0 Å². The van der Waals surface area contributed by atoms with Gasteiger partial charge in [-0.3, -0.25) is 4.79 Å². The molecule has 0 bridgehead atoms. The van der Waals surface area contributed by atoms with Crippen molar-refractivity contribution in [2.75, 3.05) is 14.2 Å².